The van der Waals surface area contributed by atoms with Crippen LogP contribution in [0.1, 0.15) is 12.7 Å². The standard InChI is InChI=1S/C15H18N4O3/c1-2-19-10-17-18-14(19)7-8-16-15(20)13-9-21-11-5-3-4-6-12(11)22-13/h3-6,10,13H,2,7-9H2,1H3,(H,16,20)/t13-/m1/s1. The minimum absolute atomic E-state index is 0.183. The second kappa shape index (κ2) is 6.46. The fraction of sp³-hybridized carbons (Fsp3) is 0.400. The number of hydrogen-bond donors (Lipinski definition) is 1. The first-order valence-corrected chi connectivity index (χ1v) is 7.31. The maximum Gasteiger partial charge on any atom is 0.264 e. The van der Waals surface area contributed by atoms with E-state index in [0.29, 0.717) is 24.5 Å². The van der Waals surface area contributed by atoms with Crippen LogP contribution in [0.4, 0.5) is 0 Å². The number of ether oxygens (including phenoxy) is 2. The van der Waals surface area contributed by atoms with Crippen molar-refractivity contribution in [3.8, 4) is 11.5 Å². The lowest BCUT2D eigenvalue weighted by Gasteiger charge is -2.25. The molecular weight excluding hydrogens is 284 g/mol. The fourth-order valence-corrected chi connectivity index (χ4v) is 2.30. The lowest BCUT2D eigenvalue weighted by molar-refractivity contribution is -0.130. The Hall–Kier alpha value is -2.57. The maximum atomic E-state index is 12.1. The molecule has 0 fully saturated rings. The molecule has 1 aliphatic heterocycles. The van der Waals surface area contributed by atoms with Crippen LogP contribution in [-0.4, -0.2) is 39.9 Å². The van der Waals surface area contributed by atoms with Crippen LogP contribution in [0.25, 0.3) is 0 Å². The summed E-state index contributed by atoms with van der Waals surface area (Å²) in [6, 6.07) is 7.33. The van der Waals surface area contributed by atoms with E-state index >= 15 is 0 Å². The minimum atomic E-state index is -0.626. The molecule has 0 unspecified atom stereocenters. The van der Waals surface area contributed by atoms with Gasteiger partial charge in [0.15, 0.2) is 11.5 Å². The summed E-state index contributed by atoms with van der Waals surface area (Å²) in [5.41, 5.74) is 0. The highest BCUT2D eigenvalue weighted by Crippen LogP contribution is 2.30. The lowest BCUT2D eigenvalue weighted by Crippen LogP contribution is -2.44. The van der Waals surface area contributed by atoms with Gasteiger partial charge in [-0.2, -0.15) is 0 Å². The van der Waals surface area contributed by atoms with Gasteiger partial charge in [-0.25, -0.2) is 0 Å². The molecule has 1 aliphatic rings. The van der Waals surface area contributed by atoms with Crippen LogP contribution >= 0.6 is 0 Å². The van der Waals surface area contributed by atoms with Gasteiger partial charge in [0.25, 0.3) is 5.91 Å². The number of carbonyl (C=O) groups excluding carboxylic acids is 1. The predicted octanol–water partition coefficient (Wildman–Crippen LogP) is 0.797. The number of hydrogen-bond acceptors (Lipinski definition) is 5. The highest BCUT2D eigenvalue weighted by atomic mass is 16.6. The van der Waals surface area contributed by atoms with Crippen molar-refractivity contribution in [1.29, 1.82) is 0 Å². The summed E-state index contributed by atoms with van der Waals surface area (Å²) in [6.45, 7) is 3.54. The number of fused-ring (bicyclic) bond motifs is 1. The van der Waals surface area contributed by atoms with Crippen LogP contribution in [0.3, 0.4) is 0 Å². The molecular formula is C15H18N4O3. The van der Waals surface area contributed by atoms with Gasteiger partial charge in [0.05, 0.1) is 0 Å². The van der Waals surface area contributed by atoms with E-state index in [0.717, 1.165) is 12.4 Å². The van der Waals surface area contributed by atoms with Crippen LogP contribution in [0.2, 0.25) is 0 Å². The molecule has 0 radical (unpaired) electrons. The molecule has 2 heterocycles. The summed E-state index contributed by atoms with van der Waals surface area (Å²) in [5.74, 6) is 1.94. The molecule has 0 bridgehead atoms. The van der Waals surface area contributed by atoms with Gasteiger partial charge in [0.1, 0.15) is 18.8 Å². The number of aryl methyl sites for hydroxylation is 1. The molecule has 7 heteroatoms. The predicted molar refractivity (Wildman–Crippen MR) is 78.8 cm³/mol. The molecule has 0 saturated carbocycles. The zero-order chi connectivity index (χ0) is 15.4. The molecule has 0 spiro atoms. The van der Waals surface area contributed by atoms with Crippen molar-refractivity contribution in [1.82, 2.24) is 20.1 Å². The molecule has 22 heavy (non-hydrogen) atoms. The van der Waals surface area contributed by atoms with E-state index in [1.165, 1.54) is 0 Å². The summed E-state index contributed by atoms with van der Waals surface area (Å²) in [6.07, 6.45) is 1.69. The van der Waals surface area contributed by atoms with Gasteiger partial charge in [0, 0.05) is 19.5 Å². The highest BCUT2D eigenvalue weighted by Gasteiger charge is 2.26. The number of nitrogens with zero attached hydrogens (tertiary/aromatic N) is 3. The Bertz CT molecular complexity index is 656. The summed E-state index contributed by atoms with van der Waals surface area (Å²) in [5, 5.41) is 10.7. The zero-order valence-electron chi connectivity index (χ0n) is 12.4. The third-order valence-electron chi connectivity index (χ3n) is 3.49. The topological polar surface area (TPSA) is 78.3 Å². The summed E-state index contributed by atoms with van der Waals surface area (Å²) >= 11 is 0. The van der Waals surface area contributed by atoms with Crippen molar-refractivity contribution in [2.45, 2.75) is 26.0 Å². The van der Waals surface area contributed by atoms with Gasteiger partial charge >= 0.3 is 0 Å². The molecule has 2 aromatic rings. The van der Waals surface area contributed by atoms with Gasteiger partial charge in [-0.15, -0.1) is 10.2 Å². The number of nitrogens with one attached hydrogen (secondary N) is 1. The smallest absolute Gasteiger partial charge is 0.264 e. The van der Waals surface area contributed by atoms with Gasteiger partial charge in [-0.1, -0.05) is 12.1 Å². The van der Waals surface area contributed by atoms with E-state index in [2.05, 4.69) is 15.5 Å². The minimum Gasteiger partial charge on any atom is -0.485 e. The molecule has 3 rings (SSSR count). The maximum absolute atomic E-state index is 12.1. The van der Waals surface area contributed by atoms with Crippen LogP contribution in [0.15, 0.2) is 30.6 Å². The molecule has 1 atom stereocenters. The third-order valence-corrected chi connectivity index (χ3v) is 3.49. The Morgan fingerprint density at radius 1 is 1.41 bits per heavy atom. The van der Waals surface area contributed by atoms with E-state index in [1.54, 1.807) is 12.4 Å². The SMILES string of the molecule is CCn1cnnc1CCNC(=O)[C@H]1COc2ccccc2O1. The van der Waals surface area contributed by atoms with Crippen molar-refractivity contribution >= 4 is 5.91 Å². The molecule has 7 nitrogen and oxygen atoms in total. The van der Waals surface area contributed by atoms with Crippen LogP contribution in [0, 0.1) is 0 Å². The van der Waals surface area contributed by atoms with Crippen LogP contribution in [-0.2, 0) is 17.8 Å². The van der Waals surface area contributed by atoms with Crippen LogP contribution in [0.5, 0.6) is 11.5 Å². The number of aromatic nitrogens is 3. The zero-order valence-corrected chi connectivity index (χ0v) is 12.4. The molecule has 1 aromatic carbocycles. The van der Waals surface area contributed by atoms with Gasteiger partial charge in [-0.3, -0.25) is 4.79 Å². The Morgan fingerprint density at radius 3 is 3.05 bits per heavy atom. The first-order chi connectivity index (χ1) is 10.8. The molecule has 0 aliphatic carbocycles. The summed E-state index contributed by atoms with van der Waals surface area (Å²) < 4.78 is 13.1. The summed E-state index contributed by atoms with van der Waals surface area (Å²) in [7, 11) is 0. The second-order valence-corrected chi connectivity index (χ2v) is 4.94. The Kier molecular flexibility index (Phi) is 4.22. The van der Waals surface area contributed by atoms with E-state index in [1.807, 2.05) is 29.7 Å². The van der Waals surface area contributed by atoms with E-state index in [4.69, 9.17) is 9.47 Å². The molecule has 1 aromatic heterocycles. The Balaban J connectivity index is 1.51. The van der Waals surface area contributed by atoms with Crippen molar-refractivity contribution in [3.63, 3.8) is 0 Å². The van der Waals surface area contributed by atoms with Crippen molar-refractivity contribution < 1.29 is 14.3 Å². The van der Waals surface area contributed by atoms with E-state index in [9.17, 15) is 4.79 Å². The number of benzene rings is 1. The van der Waals surface area contributed by atoms with Gasteiger partial charge < -0.3 is 19.4 Å². The first kappa shape index (κ1) is 14.4. The largest absolute Gasteiger partial charge is 0.485 e. The highest BCUT2D eigenvalue weighted by molar-refractivity contribution is 5.81. The Morgan fingerprint density at radius 2 is 2.23 bits per heavy atom. The van der Waals surface area contributed by atoms with Gasteiger partial charge in [-0.05, 0) is 19.1 Å². The van der Waals surface area contributed by atoms with E-state index < -0.39 is 6.10 Å². The fourth-order valence-electron chi connectivity index (χ4n) is 2.30. The second-order valence-electron chi connectivity index (χ2n) is 4.94. The number of carbonyl (C=O) groups is 1. The summed E-state index contributed by atoms with van der Waals surface area (Å²) in [4.78, 5) is 12.1. The van der Waals surface area contributed by atoms with Crippen molar-refractivity contribution in [2.75, 3.05) is 13.2 Å². The van der Waals surface area contributed by atoms with Gasteiger partial charge in [0.2, 0.25) is 6.10 Å². The molecule has 1 amide bonds. The van der Waals surface area contributed by atoms with Crippen molar-refractivity contribution in [3.05, 3.63) is 36.4 Å². The average Bonchev–Trinajstić information content (AvgIpc) is 3.01. The third kappa shape index (κ3) is 3.03. The lowest BCUT2D eigenvalue weighted by atomic mass is 10.2. The molecule has 0 saturated heterocycles. The normalized spacial score (nSPS) is 16.3. The van der Waals surface area contributed by atoms with E-state index in [-0.39, 0.29) is 12.5 Å². The Labute approximate surface area is 128 Å². The first-order valence-electron chi connectivity index (χ1n) is 7.31. The molecule has 1 N–H and O–H groups in total. The monoisotopic (exact) mass is 302 g/mol. The van der Waals surface area contributed by atoms with Crippen molar-refractivity contribution in [2.24, 2.45) is 0 Å². The quantitative estimate of drug-likeness (QED) is 0.884. The number of para-hydroxylation sites is 2. The molecule has 116 valence electrons. The number of amides is 1. The average molecular weight is 302 g/mol. The van der Waals surface area contributed by atoms with Crippen LogP contribution < -0.4 is 14.8 Å². The number of rotatable bonds is 5.